The quantitative estimate of drug-likeness (QED) is 0.527. The molecular formula is C10H13NO6. The highest BCUT2D eigenvalue weighted by Crippen LogP contribution is 2.45. The molecule has 0 saturated carbocycles. The van der Waals surface area contributed by atoms with Gasteiger partial charge in [-0.3, -0.25) is 10.0 Å². The zero-order valence-electron chi connectivity index (χ0n) is 9.60. The van der Waals surface area contributed by atoms with Gasteiger partial charge in [-0.25, -0.2) is 5.48 Å². The fraction of sp³-hybridized carbons (Fsp3) is 0.300. The largest absolute Gasteiger partial charge is 0.504 e. The van der Waals surface area contributed by atoms with Crippen LogP contribution in [-0.2, 0) is 0 Å². The lowest BCUT2D eigenvalue weighted by Gasteiger charge is -2.15. The topological polar surface area (TPSA) is 97.3 Å². The van der Waals surface area contributed by atoms with Crippen molar-refractivity contribution in [2.75, 3.05) is 21.3 Å². The van der Waals surface area contributed by atoms with Gasteiger partial charge in [-0.2, -0.15) is 0 Å². The van der Waals surface area contributed by atoms with Crippen LogP contribution >= 0.6 is 0 Å². The second-order valence-electron chi connectivity index (χ2n) is 2.98. The summed E-state index contributed by atoms with van der Waals surface area (Å²) in [5.74, 6) is -1.04. The second kappa shape index (κ2) is 5.26. The lowest BCUT2D eigenvalue weighted by molar-refractivity contribution is 0.0702. The molecule has 0 aromatic heterocycles. The van der Waals surface area contributed by atoms with Crippen LogP contribution in [0.3, 0.4) is 0 Å². The standard InChI is InChI=1S/C10H13NO6/c1-15-6-4-5(10(13)11-14)7(12)9(17-3)8(6)16-2/h4,12,14H,1-3H3,(H,11,13). The molecule has 1 aromatic carbocycles. The van der Waals surface area contributed by atoms with E-state index < -0.39 is 11.7 Å². The van der Waals surface area contributed by atoms with E-state index in [9.17, 15) is 9.90 Å². The minimum Gasteiger partial charge on any atom is -0.504 e. The Morgan fingerprint density at radius 2 is 1.76 bits per heavy atom. The molecule has 0 aliphatic heterocycles. The van der Waals surface area contributed by atoms with E-state index in [-0.39, 0.29) is 22.8 Å². The van der Waals surface area contributed by atoms with Crippen LogP contribution < -0.4 is 19.7 Å². The number of methoxy groups -OCH3 is 3. The number of hydroxylamine groups is 1. The summed E-state index contributed by atoms with van der Waals surface area (Å²) >= 11 is 0. The molecule has 0 aliphatic rings. The summed E-state index contributed by atoms with van der Waals surface area (Å²) in [6.45, 7) is 0. The molecule has 7 heteroatoms. The molecule has 1 amide bonds. The third kappa shape index (κ3) is 2.18. The fourth-order valence-electron chi connectivity index (χ4n) is 1.37. The molecule has 0 spiro atoms. The molecule has 0 unspecified atom stereocenters. The van der Waals surface area contributed by atoms with Gasteiger partial charge in [0.05, 0.1) is 26.9 Å². The van der Waals surface area contributed by atoms with Crippen molar-refractivity contribution in [3.05, 3.63) is 11.6 Å². The van der Waals surface area contributed by atoms with Crippen LogP contribution in [0.15, 0.2) is 6.07 Å². The maximum atomic E-state index is 11.3. The zero-order chi connectivity index (χ0) is 13.0. The molecule has 17 heavy (non-hydrogen) atoms. The number of amides is 1. The normalized spacial score (nSPS) is 9.65. The number of aromatic hydroxyl groups is 1. The maximum Gasteiger partial charge on any atom is 0.278 e. The molecule has 0 radical (unpaired) electrons. The number of hydrogen-bond acceptors (Lipinski definition) is 6. The van der Waals surface area contributed by atoms with Gasteiger partial charge in [-0.05, 0) is 0 Å². The fourth-order valence-corrected chi connectivity index (χ4v) is 1.37. The Hall–Kier alpha value is -2.15. The molecule has 1 rings (SSSR count). The van der Waals surface area contributed by atoms with Crippen LogP contribution in [-0.4, -0.2) is 37.6 Å². The van der Waals surface area contributed by atoms with E-state index in [4.69, 9.17) is 19.4 Å². The van der Waals surface area contributed by atoms with Crippen LogP contribution in [0.1, 0.15) is 10.4 Å². The molecular weight excluding hydrogens is 230 g/mol. The third-order valence-electron chi connectivity index (χ3n) is 2.15. The predicted octanol–water partition coefficient (Wildman–Crippen LogP) is 0.537. The number of benzene rings is 1. The van der Waals surface area contributed by atoms with Gasteiger partial charge < -0.3 is 19.3 Å². The summed E-state index contributed by atoms with van der Waals surface area (Å²) in [7, 11) is 4.04. The second-order valence-corrected chi connectivity index (χ2v) is 2.98. The van der Waals surface area contributed by atoms with Gasteiger partial charge in [-0.1, -0.05) is 0 Å². The van der Waals surface area contributed by atoms with Gasteiger partial charge in [0.2, 0.25) is 11.5 Å². The minimum atomic E-state index is -0.887. The van der Waals surface area contributed by atoms with Crippen LogP contribution in [0.25, 0.3) is 0 Å². The molecule has 1 aromatic rings. The highest BCUT2D eigenvalue weighted by atomic mass is 16.5. The average molecular weight is 243 g/mol. The molecule has 0 saturated heterocycles. The summed E-state index contributed by atoms with van der Waals surface area (Å²) in [4.78, 5) is 11.3. The van der Waals surface area contributed by atoms with Gasteiger partial charge in [0, 0.05) is 6.07 Å². The summed E-state index contributed by atoms with van der Waals surface area (Å²) < 4.78 is 14.9. The molecule has 3 N–H and O–H groups in total. The highest BCUT2D eigenvalue weighted by Gasteiger charge is 2.23. The first-order valence-electron chi connectivity index (χ1n) is 4.57. The van der Waals surface area contributed by atoms with E-state index in [0.29, 0.717) is 0 Å². The SMILES string of the molecule is COc1cc(C(=O)NO)c(O)c(OC)c1OC. The highest BCUT2D eigenvalue weighted by molar-refractivity contribution is 5.98. The van der Waals surface area contributed by atoms with E-state index in [1.807, 2.05) is 0 Å². The summed E-state index contributed by atoms with van der Waals surface area (Å²) in [6, 6.07) is 1.22. The molecule has 0 fully saturated rings. The number of phenolic OH excluding ortho intramolecular Hbond substituents is 1. The van der Waals surface area contributed by atoms with E-state index >= 15 is 0 Å². The van der Waals surface area contributed by atoms with Gasteiger partial charge in [-0.15, -0.1) is 0 Å². The number of hydrogen-bond donors (Lipinski definition) is 3. The Balaban J connectivity index is 3.50. The van der Waals surface area contributed by atoms with E-state index in [1.54, 1.807) is 0 Å². The van der Waals surface area contributed by atoms with Gasteiger partial charge in [0.15, 0.2) is 11.5 Å². The van der Waals surface area contributed by atoms with E-state index in [1.165, 1.54) is 32.9 Å². The summed E-state index contributed by atoms with van der Waals surface area (Å²) in [5.41, 5.74) is 1.22. The molecule has 0 aliphatic carbocycles. The van der Waals surface area contributed by atoms with Crippen LogP contribution in [0.4, 0.5) is 0 Å². The Morgan fingerprint density at radius 3 is 2.18 bits per heavy atom. The Kier molecular flexibility index (Phi) is 4.00. The van der Waals surface area contributed by atoms with E-state index in [0.717, 1.165) is 0 Å². The van der Waals surface area contributed by atoms with Crippen molar-refractivity contribution in [1.29, 1.82) is 0 Å². The number of ether oxygens (including phenoxy) is 3. The smallest absolute Gasteiger partial charge is 0.278 e. The Labute approximate surface area is 97.5 Å². The molecule has 7 nitrogen and oxygen atoms in total. The first-order valence-corrected chi connectivity index (χ1v) is 4.57. The monoisotopic (exact) mass is 243 g/mol. The number of rotatable bonds is 4. The van der Waals surface area contributed by atoms with Crippen molar-refractivity contribution in [1.82, 2.24) is 5.48 Å². The zero-order valence-corrected chi connectivity index (χ0v) is 9.60. The Morgan fingerprint density at radius 1 is 1.18 bits per heavy atom. The van der Waals surface area contributed by atoms with Crippen LogP contribution in [0.5, 0.6) is 23.0 Å². The van der Waals surface area contributed by atoms with Crippen molar-refractivity contribution < 1.29 is 29.3 Å². The predicted molar refractivity (Wildman–Crippen MR) is 57.0 cm³/mol. The first-order chi connectivity index (χ1) is 8.10. The van der Waals surface area contributed by atoms with E-state index in [2.05, 4.69) is 0 Å². The lowest BCUT2D eigenvalue weighted by atomic mass is 10.1. The Bertz CT molecular complexity index is 431. The van der Waals surface area contributed by atoms with Crippen molar-refractivity contribution in [3.63, 3.8) is 0 Å². The van der Waals surface area contributed by atoms with Gasteiger partial charge >= 0.3 is 0 Å². The molecule has 0 atom stereocenters. The van der Waals surface area contributed by atoms with Gasteiger partial charge in [0.25, 0.3) is 5.91 Å². The third-order valence-corrected chi connectivity index (χ3v) is 2.15. The number of carbonyl (C=O) groups is 1. The molecule has 94 valence electrons. The summed E-state index contributed by atoms with van der Waals surface area (Å²) in [6.07, 6.45) is 0. The minimum absolute atomic E-state index is 0.0505. The lowest BCUT2D eigenvalue weighted by Crippen LogP contribution is -2.19. The van der Waals surface area contributed by atoms with Crippen LogP contribution in [0.2, 0.25) is 0 Å². The maximum absolute atomic E-state index is 11.3. The number of carbonyl (C=O) groups excluding carboxylic acids is 1. The summed E-state index contributed by atoms with van der Waals surface area (Å²) in [5, 5.41) is 18.3. The average Bonchev–Trinajstić information content (AvgIpc) is 2.36. The van der Waals surface area contributed by atoms with Gasteiger partial charge in [0.1, 0.15) is 0 Å². The first kappa shape index (κ1) is 12.9. The van der Waals surface area contributed by atoms with Crippen molar-refractivity contribution in [2.24, 2.45) is 0 Å². The van der Waals surface area contributed by atoms with Crippen molar-refractivity contribution in [3.8, 4) is 23.0 Å². The molecule has 0 bridgehead atoms. The molecule has 0 heterocycles. The number of phenols is 1. The van der Waals surface area contributed by atoms with Crippen molar-refractivity contribution >= 4 is 5.91 Å². The number of nitrogens with one attached hydrogen (secondary N) is 1. The van der Waals surface area contributed by atoms with Crippen molar-refractivity contribution in [2.45, 2.75) is 0 Å². The van der Waals surface area contributed by atoms with Crippen LogP contribution in [0, 0.1) is 0 Å².